The number of nitro benzene ring substituents is 1. The van der Waals surface area contributed by atoms with Crippen molar-refractivity contribution >= 4 is 17.1 Å². The van der Waals surface area contributed by atoms with Crippen molar-refractivity contribution in [2.45, 2.75) is 38.1 Å². The van der Waals surface area contributed by atoms with E-state index >= 15 is 0 Å². The third-order valence-electron chi connectivity index (χ3n) is 3.80. The maximum atomic E-state index is 11.3. The summed E-state index contributed by atoms with van der Waals surface area (Å²) in [6.07, 6.45) is 3.62. The molecule has 0 saturated heterocycles. The first-order chi connectivity index (χ1) is 9.62. The summed E-state index contributed by atoms with van der Waals surface area (Å²) in [4.78, 5) is 11.0. The van der Waals surface area contributed by atoms with Gasteiger partial charge in [-0.05, 0) is 37.8 Å². The molecule has 0 spiro atoms. The molecule has 3 N–H and O–H groups in total. The third-order valence-corrected chi connectivity index (χ3v) is 3.80. The van der Waals surface area contributed by atoms with Gasteiger partial charge in [-0.1, -0.05) is 13.0 Å². The molecule has 1 aromatic rings. The number of nitro groups is 1. The molecule has 0 aliphatic heterocycles. The van der Waals surface area contributed by atoms with Crippen LogP contribution in [0, 0.1) is 10.1 Å². The van der Waals surface area contributed by atoms with Crippen molar-refractivity contribution in [2.75, 3.05) is 23.8 Å². The second-order valence-electron chi connectivity index (χ2n) is 5.30. The fraction of sp³-hybridized carbons (Fsp3) is 0.571. The van der Waals surface area contributed by atoms with Gasteiger partial charge in [0.15, 0.2) is 0 Å². The number of benzene rings is 1. The summed E-state index contributed by atoms with van der Waals surface area (Å²) in [5.41, 5.74) is 0.661. The summed E-state index contributed by atoms with van der Waals surface area (Å²) >= 11 is 0. The van der Waals surface area contributed by atoms with E-state index in [-0.39, 0.29) is 17.2 Å². The van der Waals surface area contributed by atoms with Gasteiger partial charge in [-0.2, -0.15) is 0 Å². The maximum absolute atomic E-state index is 11.3. The second kappa shape index (κ2) is 6.09. The Labute approximate surface area is 118 Å². The highest BCUT2D eigenvalue weighted by atomic mass is 16.6. The van der Waals surface area contributed by atoms with Crippen molar-refractivity contribution in [3.8, 4) is 0 Å². The van der Waals surface area contributed by atoms with E-state index in [9.17, 15) is 15.2 Å². The van der Waals surface area contributed by atoms with Crippen LogP contribution >= 0.6 is 0 Å². The molecule has 2 rings (SSSR count). The minimum absolute atomic E-state index is 0.00320. The van der Waals surface area contributed by atoms with Gasteiger partial charge in [-0.15, -0.1) is 0 Å². The second-order valence-corrected chi connectivity index (χ2v) is 5.30. The quantitative estimate of drug-likeness (QED) is 0.527. The molecule has 6 nitrogen and oxygen atoms in total. The average molecular weight is 279 g/mol. The number of hydrogen-bond donors (Lipinski definition) is 3. The lowest BCUT2D eigenvalue weighted by molar-refractivity contribution is -0.383. The molecule has 0 unspecified atom stereocenters. The van der Waals surface area contributed by atoms with Gasteiger partial charge in [0.05, 0.1) is 17.1 Å². The Hall–Kier alpha value is -1.82. The molecule has 1 aromatic carbocycles. The van der Waals surface area contributed by atoms with Gasteiger partial charge in [0.25, 0.3) is 0 Å². The first kappa shape index (κ1) is 14.6. The molecular weight excluding hydrogens is 258 g/mol. The van der Waals surface area contributed by atoms with Gasteiger partial charge in [0.1, 0.15) is 11.4 Å². The van der Waals surface area contributed by atoms with E-state index < -0.39 is 5.54 Å². The molecule has 0 amide bonds. The highest BCUT2D eigenvalue weighted by Gasteiger charge is 2.38. The number of rotatable bonds is 7. The lowest BCUT2D eigenvalue weighted by Gasteiger charge is -2.41. The molecule has 6 heteroatoms. The van der Waals surface area contributed by atoms with Crippen LogP contribution in [-0.4, -0.2) is 28.7 Å². The molecule has 1 saturated carbocycles. The van der Waals surface area contributed by atoms with E-state index in [0.29, 0.717) is 17.9 Å². The molecule has 0 heterocycles. The average Bonchev–Trinajstić information content (AvgIpc) is 2.40. The van der Waals surface area contributed by atoms with Gasteiger partial charge in [-0.3, -0.25) is 10.1 Å². The van der Waals surface area contributed by atoms with Crippen molar-refractivity contribution in [3.05, 3.63) is 28.3 Å². The first-order valence-electron chi connectivity index (χ1n) is 7.02. The summed E-state index contributed by atoms with van der Waals surface area (Å²) in [6, 6.07) is 5.20. The molecule has 1 aliphatic carbocycles. The molecule has 110 valence electrons. The largest absolute Gasteiger partial charge is 0.394 e. The van der Waals surface area contributed by atoms with Crippen molar-refractivity contribution in [1.82, 2.24) is 0 Å². The third kappa shape index (κ3) is 2.85. The van der Waals surface area contributed by atoms with Gasteiger partial charge in [-0.25, -0.2) is 0 Å². The zero-order chi connectivity index (χ0) is 14.6. The number of aliphatic hydroxyl groups excluding tert-OH is 1. The van der Waals surface area contributed by atoms with Gasteiger partial charge in [0, 0.05) is 6.54 Å². The number of aliphatic hydroxyl groups is 1. The van der Waals surface area contributed by atoms with Crippen LogP contribution < -0.4 is 10.6 Å². The normalized spacial score (nSPS) is 16.3. The first-order valence-corrected chi connectivity index (χ1v) is 7.02. The molecule has 0 bridgehead atoms. The van der Waals surface area contributed by atoms with Gasteiger partial charge in [0.2, 0.25) is 0 Å². The van der Waals surface area contributed by atoms with Crippen LogP contribution in [0.25, 0.3) is 0 Å². The van der Waals surface area contributed by atoms with Crippen molar-refractivity contribution in [2.24, 2.45) is 0 Å². The summed E-state index contributed by atoms with van der Waals surface area (Å²) in [5.74, 6) is 0. The van der Waals surface area contributed by atoms with E-state index in [1.165, 1.54) is 0 Å². The van der Waals surface area contributed by atoms with Gasteiger partial charge >= 0.3 is 5.69 Å². The number of hydrogen-bond acceptors (Lipinski definition) is 5. The van der Waals surface area contributed by atoms with Crippen LogP contribution in [0.15, 0.2) is 18.2 Å². The van der Waals surface area contributed by atoms with Crippen LogP contribution in [0.5, 0.6) is 0 Å². The number of para-hydroxylation sites is 1. The van der Waals surface area contributed by atoms with E-state index in [4.69, 9.17) is 0 Å². The highest BCUT2D eigenvalue weighted by molar-refractivity contribution is 5.76. The monoisotopic (exact) mass is 279 g/mol. The molecule has 1 aliphatic rings. The Kier molecular flexibility index (Phi) is 4.44. The van der Waals surface area contributed by atoms with Crippen molar-refractivity contribution in [1.29, 1.82) is 0 Å². The summed E-state index contributed by atoms with van der Waals surface area (Å²) in [6.45, 7) is 2.70. The Morgan fingerprint density at radius 3 is 2.60 bits per heavy atom. The fourth-order valence-electron chi connectivity index (χ4n) is 2.46. The highest BCUT2D eigenvalue weighted by Crippen LogP contribution is 2.40. The summed E-state index contributed by atoms with van der Waals surface area (Å²) < 4.78 is 0. The fourth-order valence-corrected chi connectivity index (χ4v) is 2.46. The van der Waals surface area contributed by atoms with E-state index in [1.807, 2.05) is 6.92 Å². The number of anilines is 2. The van der Waals surface area contributed by atoms with E-state index in [2.05, 4.69) is 10.6 Å². The zero-order valence-electron chi connectivity index (χ0n) is 11.7. The molecule has 0 aromatic heterocycles. The van der Waals surface area contributed by atoms with Crippen LogP contribution in [0.2, 0.25) is 0 Å². The lowest BCUT2D eigenvalue weighted by atomic mass is 9.77. The predicted molar refractivity (Wildman–Crippen MR) is 79.2 cm³/mol. The molecule has 1 fully saturated rings. The van der Waals surface area contributed by atoms with Crippen molar-refractivity contribution < 1.29 is 10.0 Å². The Morgan fingerprint density at radius 2 is 2.10 bits per heavy atom. The standard InChI is InChI=1S/C14H21N3O3/c1-2-9-15-11-5-3-6-12(13(11)17(19)20)16-14(10-18)7-4-8-14/h3,5-6,15-16,18H,2,4,7-10H2,1H3. The smallest absolute Gasteiger partial charge is 0.315 e. The summed E-state index contributed by atoms with van der Waals surface area (Å²) in [7, 11) is 0. The van der Waals surface area contributed by atoms with Crippen LogP contribution in [0.1, 0.15) is 32.6 Å². The minimum atomic E-state index is -0.395. The van der Waals surface area contributed by atoms with Crippen LogP contribution in [0.4, 0.5) is 17.1 Å². The molecule has 0 atom stereocenters. The van der Waals surface area contributed by atoms with E-state index in [1.54, 1.807) is 18.2 Å². The molecule has 0 radical (unpaired) electrons. The summed E-state index contributed by atoms with van der Waals surface area (Å²) in [5, 5.41) is 27.1. The minimum Gasteiger partial charge on any atom is -0.394 e. The maximum Gasteiger partial charge on any atom is 0.315 e. The number of nitrogens with zero attached hydrogens (tertiary/aromatic N) is 1. The van der Waals surface area contributed by atoms with E-state index in [0.717, 1.165) is 25.7 Å². The Morgan fingerprint density at radius 1 is 1.40 bits per heavy atom. The van der Waals surface area contributed by atoms with Gasteiger partial charge < -0.3 is 15.7 Å². The Balaban J connectivity index is 2.29. The molecular formula is C14H21N3O3. The van der Waals surface area contributed by atoms with Crippen molar-refractivity contribution in [3.63, 3.8) is 0 Å². The zero-order valence-corrected chi connectivity index (χ0v) is 11.7. The number of nitrogens with one attached hydrogen (secondary N) is 2. The topological polar surface area (TPSA) is 87.4 Å². The predicted octanol–water partition coefficient (Wildman–Crippen LogP) is 2.74. The van der Waals surface area contributed by atoms with Crippen LogP contribution in [-0.2, 0) is 0 Å². The molecule has 20 heavy (non-hydrogen) atoms. The van der Waals surface area contributed by atoms with Crippen LogP contribution in [0.3, 0.4) is 0 Å². The SMILES string of the molecule is CCCNc1cccc(NC2(CO)CCC2)c1[N+](=O)[O-]. The lowest BCUT2D eigenvalue weighted by Crippen LogP contribution is -2.48. The Bertz CT molecular complexity index is 481.